The van der Waals surface area contributed by atoms with Gasteiger partial charge in [0.05, 0.1) is 5.69 Å². The lowest BCUT2D eigenvalue weighted by molar-refractivity contribution is 0.101. The summed E-state index contributed by atoms with van der Waals surface area (Å²) in [5.41, 5.74) is 8.14. The average molecular weight is 269 g/mol. The maximum Gasteiger partial charge on any atom is 0.159 e. The van der Waals surface area contributed by atoms with E-state index in [0.717, 1.165) is 11.3 Å². The van der Waals surface area contributed by atoms with E-state index in [2.05, 4.69) is 13.8 Å². The minimum absolute atomic E-state index is 0.00849. The minimum Gasteiger partial charge on any atom is -0.455 e. The summed E-state index contributed by atoms with van der Waals surface area (Å²) < 4.78 is 5.90. The molecule has 2 aromatic rings. The molecule has 0 heterocycles. The predicted molar refractivity (Wildman–Crippen MR) is 81.5 cm³/mol. The van der Waals surface area contributed by atoms with Crippen molar-refractivity contribution in [2.24, 2.45) is 0 Å². The first-order valence-electron chi connectivity index (χ1n) is 6.66. The molecule has 3 nitrogen and oxygen atoms in total. The highest BCUT2D eigenvalue weighted by Crippen LogP contribution is 2.33. The van der Waals surface area contributed by atoms with E-state index in [-0.39, 0.29) is 5.78 Å². The van der Waals surface area contributed by atoms with Crippen molar-refractivity contribution in [2.75, 3.05) is 5.73 Å². The molecule has 0 bridgehead atoms. The van der Waals surface area contributed by atoms with E-state index >= 15 is 0 Å². The molecular weight excluding hydrogens is 250 g/mol. The highest BCUT2D eigenvalue weighted by Gasteiger charge is 2.10. The number of nitrogen functional groups attached to an aromatic ring is 1. The first-order valence-corrected chi connectivity index (χ1v) is 6.66. The van der Waals surface area contributed by atoms with Crippen LogP contribution in [0.15, 0.2) is 42.5 Å². The summed E-state index contributed by atoms with van der Waals surface area (Å²) in [6.45, 7) is 5.75. The van der Waals surface area contributed by atoms with Gasteiger partial charge in [0.2, 0.25) is 0 Å². The van der Waals surface area contributed by atoms with Gasteiger partial charge in [-0.3, -0.25) is 4.79 Å². The molecule has 0 aliphatic carbocycles. The van der Waals surface area contributed by atoms with Gasteiger partial charge in [0.15, 0.2) is 5.78 Å². The van der Waals surface area contributed by atoms with Gasteiger partial charge in [0, 0.05) is 5.56 Å². The number of carbonyl (C=O) groups is 1. The fourth-order valence-corrected chi connectivity index (χ4v) is 2.03. The average Bonchev–Trinajstić information content (AvgIpc) is 2.41. The largest absolute Gasteiger partial charge is 0.455 e. The van der Waals surface area contributed by atoms with Gasteiger partial charge < -0.3 is 10.5 Å². The molecule has 0 unspecified atom stereocenters. The third-order valence-electron chi connectivity index (χ3n) is 3.18. The molecule has 2 N–H and O–H groups in total. The molecule has 0 spiro atoms. The SMILES string of the molecule is CC(=O)c1ccc(Oc2ccccc2C(C)C)c(N)c1. The van der Waals surface area contributed by atoms with Crippen LogP contribution in [0.2, 0.25) is 0 Å². The summed E-state index contributed by atoms with van der Waals surface area (Å²) in [5, 5.41) is 0. The molecule has 0 amide bonds. The van der Waals surface area contributed by atoms with Crippen LogP contribution in [0.1, 0.15) is 42.6 Å². The molecule has 0 saturated heterocycles. The number of benzene rings is 2. The molecule has 0 radical (unpaired) electrons. The van der Waals surface area contributed by atoms with E-state index in [1.807, 2.05) is 24.3 Å². The zero-order valence-electron chi connectivity index (χ0n) is 12.0. The van der Waals surface area contributed by atoms with Crippen molar-refractivity contribution in [1.29, 1.82) is 0 Å². The summed E-state index contributed by atoms with van der Waals surface area (Å²) in [6, 6.07) is 13.0. The van der Waals surface area contributed by atoms with Gasteiger partial charge in [0.1, 0.15) is 11.5 Å². The van der Waals surface area contributed by atoms with Crippen molar-refractivity contribution in [3.05, 3.63) is 53.6 Å². The van der Waals surface area contributed by atoms with Crippen molar-refractivity contribution in [3.63, 3.8) is 0 Å². The van der Waals surface area contributed by atoms with Crippen LogP contribution < -0.4 is 10.5 Å². The molecule has 0 saturated carbocycles. The van der Waals surface area contributed by atoms with E-state index in [4.69, 9.17) is 10.5 Å². The topological polar surface area (TPSA) is 52.3 Å². The minimum atomic E-state index is -0.00849. The first-order chi connectivity index (χ1) is 9.49. The van der Waals surface area contributed by atoms with Gasteiger partial charge in [-0.25, -0.2) is 0 Å². The predicted octanol–water partition coefficient (Wildman–Crippen LogP) is 4.39. The number of Topliss-reactive ketones (excluding diaryl/α,β-unsaturated/α-hetero) is 1. The molecule has 20 heavy (non-hydrogen) atoms. The van der Waals surface area contributed by atoms with Crippen molar-refractivity contribution in [1.82, 2.24) is 0 Å². The first kappa shape index (κ1) is 14.1. The standard InChI is InChI=1S/C17H19NO2/c1-11(2)14-6-4-5-7-16(14)20-17-9-8-13(12(3)19)10-15(17)18/h4-11H,18H2,1-3H3. The molecule has 2 rings (SSSR count). The zero-order valence-corrected chi connectivity index (χ0v) is 12.0. The molecule has 0 atom stereocenters. The van der Waals surface area contributed by atoms with Crippen LogP contribution in [0, 0.1) is 0 Å². The number of ether oxygens (including phenoxy) is 1. The third-order valence-corrected chi connectivity index (χ3v) is 3.18. The van der Waals surface area contributed by atoms with E-state index in [0.29, 0.717) is 22.9 Å². The van der Waals surface area contributed by atoms with Crippen LogP contribution in [0.3, 0.4) is 0 Å². The molecule has 2 aromatic carbocycles. The fraction of sp³-hybridized carbons (Fsp3) is 0.235. The molecule has 0 aliphatic rings. The second-order valence-electron chi connectivity index (χ2n) is 5.10. The second-order valence-corrected chi connectivity index (χ2v) is 5.10. The molecule has 0 aromatic heterocycles. The summed E-state index contributed by atoms with van der Waals surface area (Å²) in [6.07, 6.45) is 0. The lowest BCUT2D eigenvalue weighted by atomic mass is 10.0. The Balaban J connectivity index is 2.33. The zero-order chi connectivity index (χ0) is 14.7. The van der Waals surface area contributed by atoms with Gasteiger partial charge in [-0.2, -0.15) is 0 Å². The fourth-order valence-electron chi connectivity index (χ4n) is 2.03. The Hall–Kier alpha value is -2.29. The Morgan fingerprint density at radius 3 is 2.40 bits per heavy atom. The van der Waals surface area contributed by atoms with Gasteiger partial charge >= 0.3 is 0 Å². The molecule has 0 aliphatic heterocycles. The number of ketones is 1. The van der Waals surface area contributed by atoms with Gasteiger partial charge in [-0.1, -0.05) is 32.0 Å². The second kappa shape index (κ2) is 5.78. The molecule has 104 valence electrons. The van der Waals surface area contributed by atoms with Gasteiger partial charge in [-0.15, -0.1) is 0 Å². The smallest absolute Gasteiger partial charge is 0.159 e. The van der Waals surface area contributed by atoms with Crippen molar-refractivity contribution >= 4 is 11.5 Å². The van der Waals surface area contributed by atoms with E-state index in [9.17, 15) is 4.79 Å². The Morgan fingerprint density at radius 1 is 1.10 bits per heavy atom. The quantitative estimate of drug-likeness (QED) is 0.661. The lowest BCUT2D eigenvalue weighted by Gasteiger charge is -2.15. The summed E-state index contributed by atoms with van der Waals surface area (Å²) >= 11 is 0. The normalized spacial score (nSPS) is 10.6. The maximum absolute atomic E-state index is 11.3. The van der Waals surface area contributed by atoms with Crippen molar-refractivity contribution in [3.8, 4) is 11.5 Å². The van der Waals surface area contributed by atoms with Crippen LogP contribution >= 0.6 is 0 Å². The van der Waals surface area contributed by atoms with Crippen LogP contribution in [0.4, 0.5) is 5.69 Å². The van der Waals surface area contributed by atoms with Crippen molar-refractivity contribution < 1.29 is 9.53 Å². The number of rotatable bonds is 4. The maximum atomic E-state index is 11.3. The van der Waals surface area contributed by atoms with Crippen LogP contribution in [0.25, 0.3) is 0 Å². The number of carbonyl (C=O) groups excluding carboxylic acids is 1. The summed E-state index contributed by atoms with van der Waals surface area (Å²) in [7, 11) is 0. The number of nitrogens with two attached hydrogens (primary N) is 1. The molecular formula is C17H19NO2. The van der Waals surface area contributed by atoms with Gasteiger partial charge in [0.25, 0.3) is 0 Å². The van der Waals surface area contributed by atoms with Crippen molar-refractivity contribution in [2.45, 2.75) is 26.7 Å². The molecule has 3 heteroatoms. The number of para-hydroxylation sites is 1. The Labute approximate surface area is 119 Å². The highest BCUT2D eigenvalue weighted by molar-refractivity contribution is 5.95. The number of anilines is 1. The van der Waals surface area contributed by atoms with Crippen LogP contribution in [-0.4, -0.2) is 5.78 Å². The Bertz CT molecular complexity index is 633. The summed E-state index contributed by atoms with van der Waals surface area (Å²) in [5.74, 6) is 1.72. The van der Waals surface area contributed by atoms with E-state index in [1.54, 1.807) is 18.2 Å². The van der Waals surface area contributed by atoms with E-state index < -0.39 is 0 Å². The Morgan fingerprint density at radius 2 is 1.80 bits per heavy atom. The van der Waals surface area contributed by atoms with E-state index in [1.165, 1.54) is 6.92 Å². The number of hydrogen-bond acceptors (Lipinski definition) is 3. The van der Waals surface area contributed by atoms with Crippen LogP contribution in [0.5, 0.6) is 11.5 Å². The molecule has 0 fully saturated rings. The number of hydrogen-bond donors (Lipinski definition) is 1. The summed E-state index contributed by atoms with van der Waals surface area (Å²) in [4.78, 5) is 11.3. The van der Waals surface area contributed by atoms with Crippen LogP contribution in [-0.2, 0) is 0 Å². The monoisotopic (exact) mass is 269 g/mol. The highest BCUT2D eigenvalue weighted by atomic mass is 16.5. The lowest BCUT2D eigenvalue weighted by Crippen LogP contribution is -1.99. The van der Waals surface area contributed by atoms with Gasteiger partial charge in [-0.05, 0) is 42.7 Å². The Kier molecular flexibility index (Phi) is 4.08. The third kappa shape index (κ3) is 2.99.